The molecule has 0 aliphatic heterocycles. The molecule has 5 nitrogen and oxygen atoms in total. The maximum absolute atomic E-state index is 12.7. The predicted octanol–water partition coefficient (Wildman–Crippen LogP) is 4.53. The van der Waals surface area contributed by atoms with Crippen LogP contribution in [0.1, 0.15) is 74.0 Å². The molecule has 2 fully saturated rings. The summed E-state index contributed by atoms with van der Waals surface area (Å²) in [5.41, 5.74) is 4.21. The minimum absolute atomic E-state index is 0.136. The van der Waals surface area contributed by atoms with Gasteiger partial charge in [-0.15, -0.1) is 0 Å². The number of hydrogen-bond donors (Lipinski definition) is 2. The third-order valence-corrected chi connectivity index (χ3v) is 7.79. The standard InChI is InChI=1S/C25H32N2O3/c1-14(20-12-16-7-8-17(20)11-16)26-24(28)15(2)30-25(29)18-9-10-23-21(13-18)19-5-3-4-6-22(19)27-23/h9-10,13-17,20,27H,3-8,11-12H2,1-2H3,(H,26,28)/t14-,15+,16+,17+,20-/m1/s1. The Morgan fingerprint density at radius 2 is 1.97 bits per heavy atom. The molecule has 2 N–H and O–H groups in total. The molecule has 3 aliphatic rings. The van der Waals surface area contributed by atoms with Crippen LogP contribution in [0.2, 0.25) is 0 Å². The number of benzene rings is 1. The predicted molar refractivity (Wildman–Crippen MR) is 116 cm³/mol. The maximum atomic E-state index is 12.7. The van der Waals surface area contributed by atoms with E-state index >= 15 is 0 Å². The molecule has 5 heteroatoms. The molecule has 5 atom stereocenters. The van der Waals surface area contributed by atoms with Crippen molar-refractivity contribution in [3.8, 4) is 0 Å². The Bertz CT molecular complexity index is 978. The van der Waals surface area contributed by atoms with Gasteiger partial charge in [-0.05, 0) is 100 Å². The lowest BCUT2D eigenvalue weighted by atomic mass is 9.84. The van der Waals surface area contributed by atoms with E-state index in [1.54, 1.807) is 13.0 Å². The summed E-state index contributed by atoms with van der Waals surface area (Å²) in [5.74, 6) is 1.54. The van der Waals surface area contributed by atoms with E-state index in [2.05, 4.69) is 17.2 Å². The maximum Gasteiger partial charge on any atom is 0.338 e. The number of ether oxygens (including phenoxy) is 1. The van der Waals surface area contributed by atoms with Crippen molar-refractivity contribution in [2.75, 3.05) is 0 Å². The minimum atomic E-state index is -0.797. The number of aromatic nitrogens is 1. The van der Waals surface area contributed by atoms with E-state index < -0.39 is 12.1 Å². The van der Waals surface area contributed by atoms with Gasteiger partial charge in [0.1, 0.15) is 0 Å². The minimum Gasteiger partial charge on any atom is -0.449 e. The Morgan fingerprint density at radius 1 is 1.13 bits per heavy atom. The van der Waals surface area contributed by atoms with Gasteiger partial charge in [0.25, 0.3) is 5.91 Å². The van der Waals surface area contributed by atoms with Crippen molar-refractivity contribution in [2.45, 2.75) is 77.4 Å². The van der Waals surface area contributed by atoms with Crippen LogP contribution in [-0.2, 0) is 22.4 Å². The number of nitrogens with one attached hydrogen (secondary N) is 2. The molecule has 2 aromatic rings. The van der Waals surface area contributed by atoms with Crippen molar-refractivity contribution in [2.24, 2.45) is 17.8 Å². The van der Waals surface area contributed by atoms with Crippen molar-refractivity contribution in [3.63, 3.8) is 0 Å². The summed E-state index contributed by atoms with van der Waals surface area (Å²) in [5, 5.41) is 4.22. The van der Waals surface area contributed by atoms with Crippen LogP contribution in [0.4, 0.5) is 0 Å². The highest BCUT2D eigenvalue weighted by Gasteiger charge is 2.42. The monoisotopic (exact) mass is 408 g/mol. The largest absolute Gasteiger partial charge is 0.449 e. The van der Waals surface area contributed by atoms with Gasteiger partial charge in [-0.25, -0.2) is 4.79 Å². The Morgan fingerprint density at radius 3 is 2.73 bits per heavy atom. The summed E-state index contributed by atoms with van der Waals surface area (Å²) in [6.45, 7) is 3.76. The lowest BCUT2D eigenvalue weighted by Crippen LogP contribution is -2.45. The van der Waals surface area contributed by atoms with Gasteiger partial charge < -0.3 is 15.0 Å². The molecule has 0 spiro atoms. The fourth-order valence-corrected chi connectivity index (χ4v) is 6.17. The highest BCUT2D eigenvalue weighted by atomic mass is 16.5. The molecule has 0 unspecified atom stereocenters. The van der Waals surface area contributed by atoms with Gasteiger partial charge >= 0.3 is 5.97 Å². The molecule has 2 saturated carbocycles. The van der Waals surface area contributed by atoms with Crippen LogP contribution in [0.3, 0.4) is 0 Å². The molecular weight excluding hydrogens is 376 g/mol. The van der Waals surface area contributed by atoms with Crippen LogP contribution in [0.15, 0.2) is 18.2 Å². The second-order valence-electron chi connectivity index (χ2n) is 9.73. The first-order valence-electron chi connectivity index (χ1n) is 11.6. The first-order valence-corrected chi connectivity index (χ1v) is 11.6. The van der Waals surface area contributed by atoms with Gasteiger partial charge in [0.05, 0.1) is 5.56 Å². The number of hydrogen-bond acceptors (Lipinski definition) is 3. The van der Waals surface area contributed by atoms with Gasteiger partial charge in [-0.2, -0.15) is 0 Å². The van der Waals surface area contributed by atoms with Crippen molar-refractivity contribution < 1.29 is 14.3 Å². The SMILES string of the molecule is C[C@H](OC(=O)c1ccc2[nH]c3c(c2c1)CCCC3)C(=O)N[C@H](C)[C@H]1C[C@H]2CC[C@H]1C2. The van der Waals surface area contributed by atoms with E-state index in [9.17, 15) is 9.59 Å². The van der Waals surface area contributed by atoms with E-state index in [1.165, 1.54) is 49.8 Å². The first kappa shape index (κ1) is 19.7. The summed E-state index contributed by atoms with van der Waals surface area (Å²) in [6, 6.07) is 5.79. The van der Waals surface area contributed by atoms with E-state index in [0.717, 1.165) is 35.6 Å². The average Bonchev–Trinajstić information content (AvgIpc) is 3.47. The Hall–Kier alpha value is -2.30. The van der Waals surface area contributed by atoms with E-state index in [-0.39, 0.29) is 11.9 Å². The van der Waals surface area contributed by atoms with Crippen LogP contribution in [0.25, 0.3) is 10.9 Å². The fourth-order valence-electron chi connectivity index (χ4n) is 6.17. The summed E-state index contributed by atoms with van der Waals surface area (Å²) in [6.07, 6.45) is 8.91. The zero-order chi connectivity index (χ0) is 20.8. The smallest absolute Gasteiger partial charge is 0.338 e. The number of amides is 1. The van der Waals surface area contributed by atoms with Crippen LogP contribution in [-0.4, -0.2) is 29.0 Å². The zero-order valence-electron chi connectivity index (χ0n) is 18.0. The first-order chi connectivity index (χ1) is 14.5. The molecule has 0 radical (unpaired) electrons. The van der Waals surface area contributed by atoms with E-state index in [1.807, 2.05) is 12.1 Å². The second kappa shape index (κ2) is 7.75. The Kier molecular flexibility index (Phi) is 5.08. The molecule has 160 valence electrons. The summed E-state index contributed by atoms with van der Waals surface area (Å²) in [7, 11) is 0. The highest BCUT2D eigenvalue weighted by molar-refractivity contribution is 5.97. The third-order valence-electron chi connectivity index (χ3n) is 7.79. The Balaban J connectivity index is 1.22. The summed E-state index contributed by atoms with van der Waals surface area (Å²) in [4.78, 5) is 28.9. The number of fused-ring (bicyclic) bond motifs is 5. The molecule has 0 saturated heterocycles. The molecule has 30 heavy (non-hydrogen) atoms. The van der Waals surface area contributed by atoms with Crippen LogP contribution in [0, 0.1) is 17.8 Å². The highest BCUT2D eigenvalue weighted by Crippen LogP contribution is 2.49. The van der Waals surface area contributed by atoms with Gasteiger partial charge in [0.15, 0.2) is 6.10 Å². The number of rotatable bonds is 5. The summed E-state index contributed by atoms with van der Waals surface area (Å²) < 4.78 is 5.53. The van der Waals surface area contributed by atoms with Crippen molar-refractivity contribution in [1.29, 1.82) is 0 Å². The molecule has 1 amide bonds. The molecule has 2 bridgehead atoms. The van der Waals surface area contributed by atoms with Gasteiger partial charge in [0.2, 0.25) is 0 Å². The Labute approximate surface area is 177 Å². The number of aryl methyl sites for hydroxylation is 2. The molecule has 5 rings (SSSR count). The van der Waals surface area contributed by atoms with E-state index in [0.29, 0.717) is 11.5 Å². The molecular formula is C25H32N2O3. The van der Waals surface area contributed by atoms with Crippen LogP contribution in [0.5, 0.6) is 0 Å². The molecule has 3 aliphatic carbocycles. The number of carbonyl (C=O) groups is 2. The van der Waals surface area contributed by atoms with Gasteiger partial charge in [0, 0.05) is 22.6 Å². The second-order valence-corrected chi connectivity index (χ2v) is 9.73. The molecule has 1 heterocycles. The van der Waals surface area contributed by atoms with Crippen LogP contribution >= 0.6 is 0 Å². The van der Waals surface area contributed by atoms with Crippen molar-refractivity contribution in [1.82, 2.24) is 10.3 Å². The lowest BCUT2D eigenvalue weighted by molar-refractivity contribution is -0.130. The topological polar surface area (TPSA) is 71.2 Å². The van der Waals surface area contributed by atoms with Crippen molar-refractivity contribution >= 4 is 22.8 Å². The summed E-state index contributed by atoms with van der Waals surface area (Å²) >= 11 is 0. The average molecular weight is 409 g/mol. The molecule has 1 aromatic heterocycles. The van der Waals surface area contributed by atoms with Crippen LogP contribution < -0.4 is 5.32 Å². The fraction of sp³-hybridized carbons (Fsp3) is 0.600. The number of aromatic amines is 1. The van der Waals surface area contributed by atoms with Crippen molar-refractivity contribution in [3.05, 3.63) is 35.0 Å². The van der Waals surface area contributed by atoms with Gasteiger partial charge in [-0.3, -0.25) is 4.79 Å². The number of H-pyrrole nitrogens is 1. The normalized spacial score (nSPS) is 26.9. The lowest BCUT2D eigenvalue weighted by Gasteiger charge is -2.29. The number of carbonyl (C=O) groups excluding carboxylic acids is 2. The third kappa shape index (κ3) is 3.52. The quantitative estimate of drug-likeness (QED) is 0.714. The van der Waals surface area contributed by atoms with E-state index in [4.69, 9.17) is 4.74 Å². The van der Waals surface area contributed by atoms with Gasteiger partial charge in [-0.1, -0.05) is 6.42 Å². The number of esters is 1. The zero-order valence-corrected chi connectivity index (χ0v) is 18.0. The molecule has 1 aromatic carbocycles.